The van der Waals surface area contributed by atoms with Crippen molar-refractivity contribution in [2.24, 2.45) is 0 Å². The Kier molecular flexibility index (Phi) is 3.65. The lowest BCUT2D eigenvalue weighted by atomic mass is 9.92. The standard InChI is InChI=1S/C16H18N2O2/c19-15-9-2-1-7-14(15)18-16(20)12-5-3-8-13-11(12)6-4-10-17-13/h3-6,8,10,14-15,19H,1-2,7,9H2,(H,18,20)/t14-,15-/m1/s1. The minimum absolute atomic E-state index is 0.130. The van der Waals surface area contributed by atoms with E-state index in [1.165, 1.54) is 0 Å². The lowest BCUT2D eigenvalue weighted by Gasteiger charge is -2.28. The van der Waals surface area contributed by atoms with Gasteiger partial charge in [-0.25, -0.2) is 0 Å². The molecular formula is C16H18N2O2. The van der Waals surface area contributed by atoms with E-state index in [2.05, 4.69) is 10.3 Å². The summed E-state index contributed by atoms with van der Waals surface area (Å²) in [7, 11) is 0. The Hall–Kier alpha value is -1.94. The molecule has 2 atom stereocenters. The van der Waals surface area contributed by atoms with Crippen LogP contribution < -0.4 is 5.32 Å². The molecule has 2 N–H and O–H groups in total. The molecule has 0 saturated heterocycles. The van der Waals surface area contributed by atoms with Gasteiger partial charge in [-0.2, -0.15) is 0 Å². The van der Waals surface area contributed by atoms with E-state index < -0.39 is 6.10 Å². The molecule has 1 aromatic carbocycles. The second kappa shape index (κ2) is 5.59. The van der Waals surface area contributed by atoms with Gasteiger partial charge in [0.1, 0.15) is 0 Å². The molecule has 4 heteroatoms. The lowest BCUT2D eigenvalue weighted by Crippen LogP contribution is -2.45. The molecule has 0 spiro atoms. The SMILES string of the molecule is O=C(N[C@@H]1CCCC[C@H]1O)c1cccc2ncccc12. The summed E-state index contributed by atoms with van der Waals surface area (Å²) in [5.74, 6) is -0.130. The van der Waals surface area contributed by atoms with Gasteiger partial charge in [-0.3, -0.25) is 9.78 Å². The molecule has 1 fully saturated rings. The van der Waals surface area contributed by atoms with Crippen molar-refractivity contribution >= 4 is 16.8 Å². The van der Waals surface area contributed by atoms with Crippen molar-refractivity contribution in [1.82, 2.24) is 10.3 Å². The highest BCUT2D eigenvalue weighted by Crippen LogP contribution is 2.20. The zero-order chi connectivity index (χ0) is 13.9. The minimum Gasteiger partial charge on any atom is -0.391 e. The van der Waals surface area contributed by atoms with E-state index in [-0.39, 0.29) is 11.9 Å². The molecule has 1 aliphatic rings. The predicted molar refractivity (Wildman–Crippen MR) is 77.5 cm³/mol. The van der Waals surface area contributed by atoms with Crippen LogP contribution in [0.25, 0.3) is 10.9 Å². The summed E-state index contributed by atoms with van der Waals surface area (Å²) in [4.78, 5) is 16.7. The normalized spacial score (nSPS) is 22.6. The fraction of sp³-hybridized carbons (Fsp3) is 0.375. The summed E-state index contributed by atoms with van der Waals surface area (Å²) in [6.45, 7) is 0. The Morgan fingerprint density at radius 1 is 1.20 bits per heavy atom. The molecule has 0 radical (unpaired) electrons. The number of pyridine rings is 1. The highest BCUT2D eigenvalue weighted by Gasteiger charge is 2.25. The number of aliphatic hydroxyl groups excluding tert-OH is 1. The van der Waals surface area contributed by atoms with Crippen LogP contribution >= 0.6 is 0 Å². The average molecular weight is 270 g/mol. The number of hydrogen-bond acceptors (Lipinski definition) is 3. The first-order valence-electron chi connectivity index (χ1n) is 7.08. The summed E-state index contributed by atoms with van der Waals surface area (Å²) in [6, 6.07) is 9.11. The molecule has 1 saturated carbocycles. The van der Waals surface area contributed by atoms with Gasteiger partial charge in [0.2, 0.25) is 0 Å². The van der Waals surface area contributed by atoms with Crippen LogP contribution in [0, 0.1) is 0 Å². The van der Waals surface area contributed by atoms with Crippen molar-refractivity contribution in [2.75, 3.05) is 0 Å². The number of aliphatic hydroxyl groups is 1. The summed E-state index contributed by atoms with van der Waals surface area (Å²) in [5.41, 5.74) is 1.43. The fourth-order valence-electron chi connectivity index (χ4n) is 2.83. The zero-order valence-electron chi connectivity index (χ0n) is 11.2. The second-order valence-corrected chi connectivity index (χ2v) is 5.31. The number of nitrogens with zero attached hydrogens (tertiary/aromatic N) is 1. The van der Waals surface area contributed by atoms with Crippen LogP contribution in [0.2, 0.25) is 0 Å². The van der Waals surface area contributed by atoms with E-state index in [9.17, 15) is 9.90 Å². The monoisotopic (exact) mass is 270 g/mol. The van der Waals surface area contributed by atoms with E-state index in [0.717, 1.165) is 36.6 Å². The third-order valence-electron chi connectivity index (χ3n) is 3.94. The first kappa shape index (κ1) is 13.1. The van der Waals surface area contributed by atoms with Crippen LogP contribution in [-0.2, 0) is 0 Å². The number of rotatable bonds is 2. The fourth-order valence-corrected chi connectivity index (χ4v) is 2.83. The molecule has 1 aliphatic carbocycles. The zero-order valence-corrected chi connectivity index (χ0v) is 11.2. The van der Waals surface area contributed by atoms with E-state index >= 15 is 0 Å². The minimum atomic E-state index is -0.430. The number of aromatic nitrogens is 1. The Bertz CT molecular complexity index is 621. The molecule has 2 aromatic rings. The molecule has 3 rings (SSSR count). The molecule has 0 unspecified atom stereocenters. The molecule has 104 valence electrons. The van der Waals surface area contributed by atoms with E-state index in [1.807, 2.05) is 24.3 Å². The number of hydrogen-bond donors (Lipinski definition) is 2. The van der Waals surface area contributed by atoms with Gasteiger partial charge in [0.25, 0.3) is 5.91 Å². The number of carbonyl (C=O) groups is 1. The first-order chi connectivity index (χ1) is 9.75. The molecule has 1 amide bonds. The van der Waals surface area contributed by atoms with Gasteiger partial charge < -0.3 is 10.4 Å². The van der Waals surface area contributed by atoms with Crippen LogP contribution in [0.1, 0.15) is 36.0 Å². The number of fused-ring (bicyclic) bond motifs is 1. The summed E-state index contributed by atoms with van der Waals surface area (Å²) in [6.07, 6.45) is 4.98. The van der Waals surface area contributed by atoms with Gasteiger partial charge in [-0.15, -0.1) is 0 Å². The molecule has 1 aromatic heterocycles. The van der Waals surface area contributed by atoms with Crippen molar-refractivity contribution in [1.29, 1.82) is 0 Å². The van der Waals surface area contributed by atoms with Crippen molar-refractivity contribution in [3.63, 3.8) is 0 Å². The molecule has 0 bridgehead atoms. The molecule has 0 aliphatic heterocycles. The Morgan fingerprint density at radius 2 is 2.05 bits per heavy atom. The molecule has 1 heterocycles. The Morgan fingerprint density at radius 3 is 2.90 bits per heavy atom. The number of benzene rings is 1. The van der Waals surface area contributed by atoms with Gasteiger partial charge in [0.05, 0.1) is 17.7 Å². The quantitative estimate of drug-likeness (QED) is 0.880. The van der Waals surface area contributed by atoms with Crippen LogP contribution in [0.3, 0.4) is 0 Å². The van der Waals surface area contributed by atoms with Crippen LogP contribution in [-0.4, -0.2) is 28.1 Å². The average Bonchev–Trinajstić information content (AvgIpc) is 2.49. The lowest BCUT2D eigenvalue weighted by molar-refractivity contribution is 0.0718. The van der Waals surface area contributed by atoms with Crippen LogP contribution in [0.15, 0.2) is 36.5 Å². The maximum absolute atomic E-state index is 12.4. The third kappa shape index (κ3) is 2.51. The molecule has 4 nitrogen and oxygen atoms in total. The third-order valence-corrected chi connectivity index (χ3v) is 3.94. The maximum atomic E-state index is 12.4. The van der Waals surface area contributed by atoms with Gasteiger partial charge in [0.15, 0.2) is 0 Å². The van der Waals surface area contributed by atoms with E-state index in [0.29, 0.717) is 5.56 Å². The van der Waals surface area contributed by atoms with Crippen LogP contribution in [0.5, 0.6) is 0 Å². The van der Waals surface area contributed by atoms with Crippen molar-refractivity contribution in [3.05, 3.63) is 42.1 Å². The largest absolute Gasteiger partial charge is 0.391 e. The number of amides is 1. The topological polar surface area (TPSA) is 62.2 Å². The smallest absolute Gasteiger partial charge is 0.252 e. The van der Waals surface area contributed by atoms with Crippen molar-refractivity contribution < 1.29 is 9.90 Å². The van der Waals surface area contributed by atoms with E-state index in [1.54, 1.807) is 12.3 Å². The number of carbonyl (C=O) groups excluding carboxylic acids is 1. The van der Waals surface area contributed by atoms with Crippen molar-refractivity contribution in [2.45, 2.75) is 37.8 Å². The Labute approximate surface area is 117 Å². The first-order valence-corrected chi connectivity index (χ1v) is 7.08. The van der Waals surface area contributed by atoms with Crippen molar-refractivity contribution in [3.8, 4) is 0 Å². The van der Waals surface area contributed by atoms with Gasteiger partial charge in [-0.05, 0) is 31.0 Å². The number of nitrogens with one attached hydrogen (secondary N) is 1. The van der Waals surface area contributed by atoms with E-state index in [4.69, 9.17) is 0 Å². The molecule has 20 heavy (non-hydrogen) atoms. The summed E-state index contributed by atoms with van der Waals surface area (Å²) < 4.78 is 0. The highest BCUT2D eigenvalue weighted by atomic mass is 16.3. The van der Waals surface area contributed by atoms with Crippen LogP contribution in [0.4, 0.5) is 0 Å². The van der Waals surface area contributed by atoms with Gasteiger partial charge in [0, 0.05) is 17.1 Å². The Balaban J connectivity index is 1.85. The summed E-state index contributed by atoms with van der Waals surface area (Å²) >= 11 is 0. The van der Waals surface area contributed by atoms with Gasteiger partial charge >= 0.3 is 0 Å². The second-order valence-electron chi connectivity index (χ2n) is 5.31. The summed E-state index contributed by atoms with van der Waals surface area (Å²) in [5, 5.41) is 13.8. The predicted octanol–water partition coefficient (Wildman–Crippen LogP) is 2.27. The highest BCUT2D eigenvalue weighted by molar-refractivity contribution is 6.06. The molecular weight excluding hydrogens is 252 g/mol. The maximum Gasteiger partial charge on any atom is 0.252 e. The van der Waals surface area contributed by atoms with Gasteiger partial charge in [-0.1, -0.05) is 25.0 Å².